The normalized spacial score (nSPS) is 20.3. The largest absolute Gasteiger partial charge is 0.477 e. The molecule has 1 amide bonds. The van der Waals surface area contributed by atoms with E-state index in [-0.39, 0.29) is 27.8 Å². The van der Waals surface area contributed by atoms with E-state index < -0.39 is 44.1 Å². The highest BCUT2D eigenvalue weighted by Gasteiger charge is 2.29. The molecule has 132 valence electrons. The molecule has 24 heavy (non-hydrogen) atoms. The molecule has 1 saturated heterocycles. The second kappa shape index (κ2) is 7.26. The van der Waals surface area contributed by atoms with Crippen LogP contribution in [0.15, 0.2) is 23.1 Å². The highest BCUT2D eigenvalue weighted by atomic mass is 32.2. The van der Waals surface area contributed by atoms with Crippen molar-refractivity contribution in [1.29, 1.82) is 0 Å². The van der Waals surface area contributed by atoms with Gasteiger partial charge >= 0.3 is 5.69 Å². The molecule has 9 nitrogen and oxygen atoms in total. The number of carbonyl (C=O) groups is 1. The number of amides is 1. The molecule has 1 N–H and O–H groups in total. The van der Waals surface area contributed by atoms with Gasteiger partial charge in [0.15, 0.2) is 22.2 Å². The standard InChI is InChI=1S/C13H16N2O7S2/c1-23(19)10-2-3-12(11(6-10)15(17)18)22-7-13(16)14-9-4-5-24(20,21)8-9/h2-3,6,9H,4-5,7-8H2,1H3,(H,14,16). The quantitative estimate of drug-likeness (QED) is 0.546. The lowest BCUT2D eigenvalue weighted by Crippen LogP contribution is -2.38. The third-order valence-corrected chi connectivity index (χ3v) is 6.10. The molecule has 11 heteroatoms. The summed E-state index contributed by atoms with van der Waals surface area (Å²) in [5, 5.41) is 13.6. The molecule has 2 unspecified atom stereocenters. The Morgan fingerprint density at radius 1 is 1.50 bits per heavy atom. The van der Waals surface area contributed by atoms with Crippen LogP contribution in [0.5, 0.6) is 5.75 Å². The molecular formula is C13H16N2O7S2. The zero-order valence-corrected chi connectivity index (χ0v) is 14.4. The first-order valence-electron chi connectivity index (χ1n) is 6.92. The Kier molecular flexibility index (Phi) is 5.54. The van der Waals surface area contributed by atoms with E-state index in [0.717, 1.165) is 6.07 Å². The van der Waals surface area contributed by atoms with Crippen LogP contribution in [0, 0.1) is 10.1 Å². The molecule has 0 aromatic heterocycles. The molecule has 1 fully saturated rings. The Morgan fingerprint density at radius 3 is 2.75 bits per heavy atom. The predicted molar refractivity (Wildman–Crippen MR) is 86.1 cm³/mol. The van der Waals surface area contributed by atoms with Crippen molar-refractivity contribution in [3.63, 3.8) is 0 Å². The first-order chi connectivity index (χ1) is 11.2. The number of benzene rings is 1. The number of nitro groups is 1. The smallest absolute Gasteiger partial charge is 0.312 e. The van der Waals surface area contributed by atoms with E-state index >= 15 is 0 Å². The summed E-state index contributed by atoms with van der Waals surface area (Å²) in [6.45, 7) is -0.480. The van der Waals surface area contributed by atoms with Crippen LogP contribution in [0.2, 0.25) is 0 Å². The van der Waals surface area contributed by atoms with E-state index in [9.17, 15) is 27.5 Å². The molecule has 1 aliphatic rings. The van der Waals surface area contributed by atoms with Gasteiger partial charge in [-0.25, -0.2) is 8.42 Å². The van der Waals surface area contributed by atoms with Gasteiger partial charge in [0.05, 0.1) is 27.2 Å². The van der Waals surface area contributed by atoms with Crippen LogP contribution in [-0.4, -0.2) is 53.9 Å². The summed E-state index contributed by atoms with van der Waals surface area (Å²) in [5.41, 5.74) is -0.390. The monoisotopic (exact) mass is 376 g/mol. The van der Waals surface area contributed by atoms with E-state index in [1.54, 1.807) is 0 Å². The minimum absolute atomic E-state index is 0.0277. The van der Waals surface area contributed by atoms with Crippen molar-refractivity contribution in [3.8, 4) is 5.75 Å². The molecule has 0 saturated carbocycles. The Balaban J connectivity index is 1.99. The minimum Gasteiger partial charge on any atom is -0.477 e. The van der Waals surface area contributed by atoms with Crippen molar-refractivity contribution in [2.75, 3.05) is 24.4 Å². The fraction of sp³-hybridized carbons (Fsp3) is 0.462. The lowest BCUT2D eigenvalue weighted by molar-refractivity contribution is -0.386. The van der Waals surface area contributed by atoms with E-state index in [1.807, 2.05) is 0 Å². The zero-order chi connectivity index (χ0) is 17.9. The van der Waals surface area contributed by atoms with Crippen molar-refractivity contribution in [3.05, 3.63) is 28.3 Å². The third-order valence-electron chi connectivity index (χ3n) is 3.42. The molecular weight excluding hydrogens is 360 g/mol. The van der Waals surface area contributed by atoms with Gasteiger partial charge in [-0.05, 0) is 18.6 Å². The van der Waals surface area contributed by atoms with Gasteiger partial charge in [0.25, 0.3) is 5.91 Å². The van der Waals surface area contributed by atoms with Crippen molar-refractivity contribution < 1.29 is 27.1 Å². The Morgan fingerprint density at radius 2 is 2.21 bits per heavy atom. The van der Waals surface area contributed by atoms with Gasteiger partial charge in [-0.15, -0.1) is 0 Å². The van der Waals surface area contributed by atoms with Gasteiger partial charge in [0.2, 0.25) is 0 Å². The second-order valence-corrected chi connectivity index (χ2v) is 8.91. The van der Waals surface area contributed by atoms with Gasteiger partial charge in [-0.2, -0.15) is 0 Å². The summed E-state index contributed by atoms with van der Waals surface area (Å²) in [5.74, 6) is -0.770. The van der Waals surface area contributed by atoms with Gasteiger partial charge in [0.1, 0.15) is 0 Å². The summed E-state index contributed by atoms with van der Waals surface area (Å²) in [4.78, 5) is 22.4. The molecule has 2 rings (SSSR count). The number of rotatable bonds is 6. The maximum atomic E-state index is 11.8. The topological polar surface area (TPSA) is 133 Å². The second-order valence-electron chi connectivity index (χ2n) is 5.30. The summed E-state index contributed by atoms with van der Waals surface area (Å²) in [6, 6.07) is 3.36. The molecule has 0 radical (unpaired) electrons. The molecule has 0 bridgehead atoms. The Bertz CT molecular complexity index is 792. The highest BCUT2D eigenvalue weighted by molar-refractivity contribution is 7.91. The van der Waals surface area contributed by atoms with Gasteiger partial charge in [-0.3, -0.25) is 19.1 Å². The predicted octanol–water partition coefficient (Wildman–Crippen LogP) is 0.0143. The number of nitrogens with zero attached hydrogens (tertiary/aromatic N) is 1. The van der Waals surface area contributed by atoms with Crippen LogP contribution in [-0.2, 0) is 25.4 Å². The van der Waals surface area contributed by atoms with Crippen LogP contribution in [0.4, 0.5) is 5.69 Å². The van der Waals surface area contributed by atoms with Crippen molar-refractivity contribution in [2.45, 2.75) is 17.4 Å². The maximum absolute atomic E-state index is 11.8. The lowest BCUT2D eigenvalue weighted by atomic mass is 10.2. The molecule has 0 spiro atoms. The van der Waals surface area contributed by atoms with Crippen LogP contribution in [0.25, 0.3) is 0 Å². The third kappa shape index (κ3) is 4.74. The average Bonchev–Trinajstić information content (AvgIpc) is 2.83. The fourth-order valence-electron chi connectivity index (χ4n) is 2.26. The molecule has 2 atom stereocenters. The number of hydrogen-bond acceptors (Lipinski definition) is 7. The number of sulfone groups is 1. The number of ether oxygens (including phenoxy) is 1. The summed E-state index contributed by atoms with van der Waals surface area (Å²) in [6.07, 6.45) is 1.73. The number of nitro benzene ring substituents is 1. The summed E-state index contributed by atoms with van der Waals surface area (Å²) >= 11 is 0. The van der Waals surface area contributed by atoms with E-state index in [1.165, 1.54) is 18.4 Å². The van der Waals surface area contributed by atoms with Crippen LogP contribution < -0.4 is 10.1 Å². The lowest BCUT2D eigenvalue weighted by Gasteiger charge is -2.12. The van der Waals surface area contributed by atoms with Crippen LogP contribution in [0.3, 0.4) is 0 Å². The number of carbonyl (C=O) groups excluding carboxylic acids is 1. The first kappa shape index (κ1) is 18.3. The fourth-order valence-corrected chi connectivity index (χ4v) is 4.47. The molecule has 1 aromatic carbocycles. The van der Waals surface area contributed by atoms with Crippen molar-refractivity contribution in [2.24, 2.45) is 0 Å². The Hall–Kier alpha value is -2.01. The minimum atomic E-state index is -3.11. The highest BCUT2D eigenvalue weighted by Crippen LogP contribution is 2.29. The number of hydrogen-bond donors (Lipinski definition) is 1. The molecule has 1 aromatic rings. The van der Waals surface area contributed by atoms with E-state index in [4.69, 9.17) is 4.74 Å². The molecule has 1 aliphatic heterocycles. The molecule has 0 aliphatic carbocycles. The van der Waals surface area contributed by atoms with Gasteiger partial charge < -0.3 is 10.1 Å². The van der Waals surface area contributed by atoms with E-state index in [2.05, 4.69) is 5.32 Å². The Labute approximate surface area is 140 Å². The van der Waals surface area contributed by atoms with Gasteiger partial charge in [0, 0.05) is 23.3 Å². The SMILES string of the molecule is CS(=O)c1ccc(OCC(=O)NC2CCS(=O)(=O)C2)c([N+](=O)[O-])c1. The zero-order valence-electron chi connectivity index (χ0n) is 12.8. The summed E-state index contributed by atoms with van der Waals surface area (Å²) < 4.78 is 39.2. The number of nitrogens with one attached hydrogen (secondary N) is 1. The van der Waals surface area contributed by atoms with Crippen LogP contribution in [0.1, 0.15) is 6.42 Å². The van der Waals surface area contributed by atoms with E-state index in [0.29, 0.717) is 6.42 Å². The van der Waals surface area contributed by atoms with Gasteiger partial charge in [-0.1, -0.05) is 0 Å². The molecule has 1 heterocycles. The summed E-state index contributed by atoms with van der Waals surface area (Å²) in [7, 11) is -4.50. The average molecular weight is 376 g/mol. The maximum Gasteiger partial charge on any atom is 0.312 e. The van der Waals surface area contributed by atoms with Crippen molar-refractivity contribution in [1.82, 2.24) is 5.32 Å². The van der Waals surface area contributed by atoms with Crippen molar-refractivity contribution >= 4 is 32.2 Å². The first-order valence-corrected chi connectivity index (χ1v) is 10.3. The van der Waals surface area contributed by atoms with Crippen LogP contribution >= 0.6 is 0 Å².